The first-order valence-electron chi connectivity index (χ1n) is 10.5. The third-order valence-corrected chi connectivity index (χ3v) is 11.3. The van der Waals surface area contributed by atoms with E-state index in [0.29, 0.717) is 0 Å². The molecule has 0 saturated carbocycles. The first kappa shape index (κ1) is 21.1. The maximum absolute atomic E-state index is 3.66. The number of hydrogen-bond donors (Lipinski definition) is 0. The summed E-state index contributed by atoms with van der Waals surface area (Å²) in [6, 6.07) is 37.1. The van der Waals surface area contributed by atoms with Crippen LogP contribution in [0, 0.1) is 0 Å². The summed E-state index contributed by atoms with van der Waals surface area (Å²) in [5.41, 5.74) is 2.81. The van der Waals surface area contributed by atoms with Gasteiger partial charge in [-0.05, 0) is 0 Å². The van der Waals surface area contributed by atoms with Gasteiger partial charge in [0.2, 0.25) is 0 Å². The Morgan fingerprint density at radius 1 is 0.600 bits per heavy atom. The molecule has 150 valence electrons. The Morgan fingerprint density at radius 2 is 1.13 bits per heavy atom. The van der Waals surface area contributed by atoms with E-state index in [1.54, 1.807) is 0 Å². The second kappa shape index (κ2) is 10.2. The van der Waals surface area contributed by atoms with E-state index in [4.69, 9.17) is 0 Å². The summed E-state index contributed by atoms with van der Waals surface area (Å²) in [5, 5.41) is 2.60. The van der Waals surface area contributed by atoms with Gasteiger partial charge >= 0.3 is 188 Å². The zero-order valence-electron chi connectivity index (χ0n) is 17.2. The van der Waals surface area contributed by atoms with Crippen LogP contribution in [0.1, 0.15) is 16.7 Å². The zero-order chi connectivity index (χ0) is 20.7. The molecular weight excluding hydrogens is 446 g/mol. The van der Waals surface area contributed by atoms with Gasteiger partial charge in [0.1, 0.15) is 0 Å². The van der Waals surface area contributed by atoms with Crippen LogP contribution in [0.15, 0.2) is 109 Å². The summed E-state index contributed by atoms with van der Waals surface area (Å²) in [5.74, 6) is 2.50. The first-order valence-corrected chi connectivity index (χ1v) is 15.0. The quantitative estimate of drug-likeness (QED) is 0.185. The molecule has 0 radical (unpaired) electrons. The summed E-state index contributed by atoms with van der Waals surface area (Å²) in [6.45, 7) is 0. The second-order valence-electron chi connectivity index (χ2n) is 7.79. The van der Waals surface area contributed by atoms with Gasteiger partial charge in [-0.3, -0.25) is 0 Å². The van der Waals surface area contributed by atoms with Crippen molar-refractivity contribution >= 4 is 37.5 Å². The number of benzene rings is 4. The van der Waals surface area contributed by atoms with E-state index in [0.717, 1.165) is 12.8 Å². The molecule has 0 nitrogen and oxygen atoms in total. The third kappa shape index (κ3) is 5.93. The van der Waals surface area contributed by atoms with Gasteiger partial charge in [-0.25, -0.2) is 0 Å². The Hall–Kier alpha value is -2.17. The fourth-order valence-electron chi connectivity index (χ4n) is 3.72. The van der Waals surface area contributed by atoms with Crippen molar-refractivity contribution in [3.8, 4) is 0 Å². The molecule has 4 aromatic rings. The van der Waals surface area contributed by atoms with Gasteiger partial charge in [-0.15, -0.1) is 0 Å². The maximum atomic E-state index is 3.66. The Balaban J connectivity index is 1.54. The van der Waals surface area contributed by atoms with Crippen LogP contribution < -0.4 is 0 Å². The molecule has 0 aliphatic heterocycles. The van der Waals surface area contributed by atoms with E-state index in [1.165, 1.54) is 39.8 Å². The Labute approximate surface area is 187 Å². The molecule has 0 aromatic heterocycles. The van der Waals surface area contributed by atoms with Crippen LogP contribution in [0.4, 0.5) is 0 Å². The molecule has 0 aliphatic rings. The second-order valence-corrected chi connectivity index (χ2v) is 15.5. The zero-order valence-corrected chi connectivity index (χ0v) is 19.8. The van der Waals surface area contributed by atoms with E-state index < -0.39 is 5.51 Å². The molecule has 4 rings (SSSR count). The molecule has 4 aromatic carbocycles. The number of fused-ring (bicyclic) bond motifs is 1. The molecule has 0 aliphatic carbocycles. The molecule has 0 heterocycles. The minimum absolute atomic E-state index is 1.12. The fourth-order valence-corrected chi connectivity index (χ4v) is 7.49. The first-order chi connectivity index (χ1) is 14.7. The Bertz CT molecular complexity index is 1120. The average molecular weight is 473 g/mol. The van der Waals surface area contributed by atoms with Gasteiger partial charge < -0.3 is 0 Å². The van der Waals surface area contributed by atoms with E-state index in [1.807, 2.05) is 0 Å². The van der Waals surface area contributed by atoms with Crippen LogP contribution in [-0.2, 0) is 12.8 Å². The molecule has 2 heteroatoms. The topological polar surface area (TPSA) is 0 Å². The molecule has 0 saturated heterocycles. The van der Waals surface area contributed by atoms with Gasteiger partial charge in [-0.1, -0.05) is 0 Å². The van der Waals surface area contributed by atoms with Gasteiger partial charge in [0.05, 0.1) is 0 Å². The third-order valence-electron chi connectivity index (χ3n) is 5.56. The van der Waals surface area contributed by atoms with Crippen molar-refractivity contribution in [2.75, 3.05) is 12.3 Å². The van der Waals surface area contributed by atoms with E-state index in [-0.39, 0.29) is 0 Å². The predicted octanol–water partition coefficient (Wildman–Crippen LogP) is 7.40. The normalized spacial score (nSPS) is 11.9. The van der Waals surface area contributed by atoms with Crippen LogP contribution in [0.3, 0.4) is 0 Å². The predicted molar refractivity (Wildman–Crippen MR) is 136 cm³/mol. The number of rotatable bonds is 8. The van der Waals surface area contributed by atoms with Crippen LogP contribution in [0.5, 0.6) is 0 Å². The van der Waals surface area contributed by atoms with Crippen molar-refractivity contribution < 1.29 is 0 Å². The number of hydrogen-bond acceptors (Lipinski definition) is 0. The van der Waals surface area contributed by atoms with Crippen LogP contribution in [0.25, 0.3) is 16.8 Å². The molecule has 30 heavy (non-hydrogen) atoms. The van der Waals surface area contributed by atoms with Gasteiger partial charge in [0.15, 0.2) is 0 Å². The average Bonchev–Trinajstić information content (AvgIpc) is 2.82. The fraction of sp³-hybridized carbons (Fsp3) is 0.143. The van der Waals surface area contributed by atoms with Crippen LogP contribution in [-0.4, -0.2) is 27.4 Å². The molecule has 0 fully saturated rings. The summed E-state index contributed by atoms with van der Waals surface area (Å²) in [6.07, 6.45) is 6.99. The van der Waals surface area contributed by atoms with E-state index >= 15 is 0 Å². The van der Waals surface area contributed by atoms with Crippen molar-refractivity contribution in [2.24, 2.45) is 0 Å². The summed E-state index contributed by atoms with van der Waals surface area (Å²) in [7, 11) is 0. The Kier molecular flexibility index (Phi) is 7.19. The van der Waals surface area contributed by atoms with Crippen molar-refractivity contribution in [3.63, 3.8) is 0 Å². The van der Waals surface area contributed by atoms with Crippen molar-refractivity contribution in [1.29, 1.82) is 0 Å². The van der Waals surface area contributed by atoms with E-state index in [9.17, 15) is 0 Å². The van der Waals surface area contributed by atoms with Crippen molar-refractivity contribution in [1.82, 2.24) is 0 Å². The SMILES string of the molecule is [Se]=P(/C=C\c1ccc2ccccc2c1)(CCc1ccccc1)CCc1ccccc1. The monoisotopic (exact) mass is 474 g/mol. The van der Waals surface area contributed by atoms with Crippen molar-refractivity contribution in [2.45, 2.75) is 12.8 Å². The molecule has 0 atom stereocenters. The van der Waals surface area contributed by atoms with Crippen LogP contribution in [0.2, 0.25) is 0 Å². The molecule has 0 N–H and O–H groups in total. The van der Waals surface area contributed by atoms with Gasteiger partial charge in [0.25, 0.3) is 0 Å². The standard InChI is InChI=1S/C28H27PSe/c30-29(20-17-24-9-3-1-4-10-24,21-18-25-11-5-2-6-12-25)22-19-26-15-16-27-13-7-8-14-28(27)23-26/h1-16,19,22-23H,17-18,20-21H2/b22-19-. The van der Waals surface area contributed by atoms with Gasteiger partial charge in [0, 0.05) is 0 Å². The van der Waals surface area contributed by atoms with Crippen molar-refractivity contribution in [3.05, 3.63) is 126 Å². The molecule has 0 spiro atoms. The number of aryl methyl sites for hydroxylation is 2. The molecule has 0 amide bonds. The van der Waals surface area contributed by atoms with E-state index in [2.05, 4.69) is 130 Å². The molecule has 0 bridgehead atoms. The van der Waals surface area contributed by atoms with Crippen LogP contribution >= 0.6 is 5.51 Å². The Morgan fingerprint density at radius 3 is 1.73 bits per heavy atom. The van der Waals surface area contributed by atoms with Gasteiger partial charge in [-0.2, -0.15) is 0 Å². The summed E-state index contributed by atoms with van der Waals surface area (Å²) >= 11 is 3.66. The minimum atomic E-state index is -1.33. The molecular formula is C28H27PSe. The summed E-state index contributed by atoms with van der Waals surface area (Å²) < 4.78 is 0. The summed E-state index contributed by atoms with van der Waals surface area (Å²) in [4.78, 5) is 0. The molecule has 0 unspecified atom stereocenters.